The monoisotopic (exact) mass is 446 g/mol. The first kappa shape index (κ1) is 23.1. The molecule has 0 atom stereocenters. The smallest absolute Gasteiger partial charge is 0.355 e. The van der Waals surface area contributed by atoms with Crippen molar-refractivity contribution in [2.24, 2.45) is 5.92 Å². The molecule has 174 valence electrons. The number of aromatic carboxylic acids is 1. The van der Waals surface area contributed by atoms with E-state index in [1.54, 1.807) is 12.1 Å². The molecule has 0 unspecified atom stereocenters. The predicted octanol–water partition coefficient (Wildman–Crippen LogP) is 5.94. The van der Waals surface area contributed by atoms with Crippen LogP contribution in [0.5, 0.6) is 0 Å². The fourth-order valence-corrected chi connectivity index (χ4v) is 4.75. The van der Waals surface area contributed by atoms with Gasteiger partial charge in [0.15, 0.2) is 11.5 Å². The van der Waals surface area contributed by atoms with E-state index in [1.165, 1.54) is 44.7 Å². The summed E-state index contributed by atoms with van der Waals surface area (Å²) in [7, 11) is 0. The number of benzene rings is 1. The molecule has 0 radical (unpaired) electrons. The van der Waals surface area contributed by atoms with Crippen LogP contribution in [0.2, 0.25) is 0 Å². The van der Waals surface area contributed by atoms with Crippen molar-refractivity contribution in [3.63, 3.8) is 0 Å². The molecule has 6 heteroatoms. The van der Waals surface area contributed by atoms with Crippen LogP contribution < -0.4 is 0 Å². The lowest BCUT2D eigenvalue weighted by molar-refractivity contribution is 0.0691. The third-order valence-corrected chi connectivity index (χ3v) is 6.65. The maximum atomic E-state index is 11.5. The lowest BCUT2D eigenvalue weighted by Crippen LogP contribution is -2.08. The largest absolute Gasteiger partial charge is 0.476 e. The number of carboxylic acids is 1. The van der Waals surface area contributed by atoms with Gasteiger partial charge in [-0.1, -0.05) is 75.8 Å². The molecule has 4 rings (SSSR count). The zero-order valence-corrected chi connectivity index (χ0v) is 19.5. The SMILES string of the molecule is CCCCn1nc(CCC2CCCCC2)nc1Cc1ccc(-c2cccnc2C(=O)O)cc1. The Kier molecular flexibility index (Phi) is 7.87. The van der Waals surface area contributed by atoms with Crippen LogP contribution in [0.4, 0.5) is 0 Å². The van der Waals surface area contributed by atoms with Gasteiger partial charge < -0.3 is 5.11 Å². The summed E-state index contributed by atoms with van der Waals surface area (Å²) in [5.74, 6) is 1.81. The summed E-state index contributed by atoms with van der Waals surface area (Å²) in [5, 5.41) is 14.3. The third-order valence-electron chi connectivity index (χ3n) is 6.65. The van der Waals surface area contributed by atoms with Crippen molar-refractivity contribution in [3.05, 3.63) is 65.5 Å². The number of hydrogen-bond acceptors (Lipinski definition) is 4. The fraction of sp³-hybridized carbons (Fsp3) is 0.481. The van der Waals surface area contributed by atoms with Crippen LogP contribution in [0.15, 0.2) is 42.6 Å². The van der Waals surface area contributed by atoms with Crippen LogP contribution in [0, 0.1) is 5.92 Å². The summed E-state index contributed by atoms with van der Waals surface area (Å²) in [6, 6.07) is 11.6. The van der Waals surface area contributed by atoms with Crippen molar-refractivity contribution in [2.45, 2.75) is 77.7 Å². The van der Waals surface area contributed by atoms with Crippen LogP contribution in [0.25, 0.3) is 11.1 Å². The highest BCUT2D eigenvalue weighted by molar-refractivity contribution is 5.93. The van der Waals surface area contributed by atoms with E-state index in [0.29, 0.717) is 5.56 Å². The van der Waals surface area contributed by atoms with Crippen LogP contribution in [0.1, 0.15) is 86.0 Å². The molecule has 0 spiro atoms. The molecule has 2 heterocycles. The first-order valence-corrected chi connectivity index (χ1v) is 12.3. The van der Waals surface area contributed by atoms with Gasteiger partial charge in [0.25, 0.3) is 0 Å². The quantitative estimate of drug-likeness (QED) is 0.417. The highest BCUT2D eigenvalue weighted by Gasteiger charge is 2.17. The summed E-state index contributed by atoms with van der Waals surface area (Å²) in [5.41, 5.74) is 2.70. The Balaban J connectivity index is 1.48. The number of hydrogen-bond donors (Lipinski definition) is 1. The standard InChI is InChI=1S/C27H34N4O2/c1-2-3-18-31-25(29-24(30-31)16-13-20-8-5-4-6-9-20)19-21-11-14-22(15-12-21)23-10-7-17-28-26(23)27(32)33/h7,10-12,14-15,17,20H,2-6,8-9,13,16,18-19H2,1H3,(H,32,33). The molecule has 1 saturated carbocycles. The van der Waals surface area contributed by atoms with Gasteiger partial charge in [-0.3, -0.25) is 0 Å². The second kappa shape index (κ2) is 11.2. The van der Waals surface area contributed by atoms with E-state index in [2.05, 4.69) is 28.7 Å². The number of nitrogens with zero attached hydrogens (tertiary/aromatic N) is 4. The first-order chi connectivity index (χ1) is 16.1. The molecule has 1 aromatic carbocycles. The number of aromatic nitrogens is 4. The van der Waals surface area contributed by atoms with Crippen molar-refractivity contribution in [2.75, 3.05) is 0 Å². The van der Waals surface area contributed by atoms with E-state index in [0.717, 1.165) is 60.9 Å². The van der Waals surface area contributed by atoms with E-state index in [4.69, 9.17) is 10.1 Å². The molecule has 0 bridgehead atoms. The molecular weight excluding hydrogens is 412 g/mol. The van der Waals surface area contributed by atoms with Crippen LogP contribution in [-0.2, 0) is 19.4 Å². The molecule has 3 aromatic rings. The summed E-state index contributed by atoms with van der Waals surface area (Å²) < 4.78 is 2.09. The number of pyridine rings is 1. The summed E-state index contributed by atoms with van der Waals surface area (Å²) >= 11 is 0. The molecule has 2 aromatic heterocycles. The van der Waals surface area contributed by atoms with E-state index in [9.17, 15) is 9.90 Å². The number of unbranched alkanes of at least 4 members (excludes halogenated alkanes) is 1. The van der Waals surface area contributed by atoms with Gasteiger partial charge >= 0.3 is 5.97 Å². The van der Waals surface area contributed by atoms with Gasteiger partial charge in [-0.05, 0) is 36.0 Å². The Bertz CT molecular complexity index is 1050. The molecule has 33 heavy (non-hydrogen) atoms. The van der Waals surface area contributed by atoms with E-state index >= 15 is 0 Å². The van der Waals surface area contributed by atoms with Gasteiger partial charge in [-0.15, -0.1) is 0 Å². The Morgan fingerprint density at radius 3 is 2.64 bits per heavy atom. The molecule has 1 N–H and O–H groups in total. The highest BCUT2D eigenvalue weighted by Crippen LogP contribution is 2.27. The normalized spacial score (nSPS) is 14.5. The van der Waals surface area contributed by atoms with Gasteiger partial charge in [0.05, 0.1) is 0 Å². The zero-order valence-electron chi connectivity index (χ0n) is 19.5. The molecule has 6 nitrogen and oxygen atoms in total. The van der Waals surface area contributed by atoms with Crippen molar-refractivity contribution in [1.82, 2.24) is 19.7 Å². The Labute approximate surface area is 196 Å². The fourth-order valence-electron chi connectivity index (χ4n) is 4.75. The lowest BCUT2D eigenvalue weighted by Gasteiger charge is -2.20. The van der Waals surface area contributed by atoms with Gasteiger partial charge in [-0.25, -0.2) is 19.4 Å². The molecule has 0 aliphatic heterocycles. The minimum Gasteiger partial charge on any atom is -0.476 e. The number of rotatable bonds is 10. The highest BCUT2D eigenvalue weighted by atomic mass is 16.4. The topological polar surface area (TPSA) is 80.9 Å². The van der Waals surface area contributed by atoms with Crippen LogP contribution in [-0.4, -0.2) is 30.8 Å². The van der Waals surface area contributed by atoms with Gasteiger partial charge in [0, 0.05) is 31.1 Å². The van der Waals surface area contributed by atoms with Crippen molar-refractivity contribution in [1.29, 1.82) is 0 Å². The summed E-state index contributed by atoms with van der Waals surface area (Å²) in [6.07, 6.45) is 13.5. The number of carbonyl (C=O) groups is 1. The molecule has 1 aliphatic carbocycles. The minimum atomic E-state index is -1.01. The van der Waals surface area contributed by atoms with Gasteiger partial charge in [0.2, 0.25) is 0 Å². The molecule has 1 aliphatic rings. The molecule has 1 fully saturated rings. The first-order valence-electron chi connectivity index (χ1n) is 12.3. The second-order valence-corrected chi connectivity index (χ2v) is 9.14. The van der Waals surface area contributed by atoms with Gasteiger partial charge in [-0.2, -0.15) is 5.10 Å². The molecule has 0 saturated heterocycles. The maximum Gasteiger partial charge on any atom is 0.355 e. The molecule has 0 amide bonds. The Hall–Kier alpha value is -3.02. The van der Waals surface area contributed by atoms with Crippen LogP contribution in [0.3, 0.4) is 0 Å². The zero-order chi connectivity index (χ0) is 23.0. The number of aryl methyl sites for hydroxylation is 2. The summed E-state index contributed by atoms with van der Waals surface area (Å²) in [6.45, 7) is 3.10. The van der Waals surface area contributed by atoms with Crippen molar-refractivity contribution < 1.29 is 9.90 Å². The third kappa shape index (κ3) is 6.06. The van der Waals surface area contributed by atoms with Gasteiger partial charge in [0.1, 0.15) is 5.82 Å². The summed E-state index contributed by atoms with van der Waals surface area (Å²) in [4.78, 5) is 20.4. The maximum absolute atomic E-state index is 11.5. The van der Waals surface area contributed by atoms with Crippen molar-refractivity contribution in [3.8, 4) is 11.1 Å². The number of carboxylic acid groups (broad SMARTS) is 1. The Morgan fingerprint density at radius 2 is 1.91 bits per heavy atom. The van der Waals surface area contributed by atoms with E-state index in [-0.39, 0.29) is 5.69 Å². The van der Waals surface area contributed by atoms with E-state index in [1.807, 2.05) is 12.1 Å². The van der Waals surface area contributed by atoms with E-state index < -0.39 is 5.97 Å². The Morgan fingerprint density at radius 1 is 1.12 bits per heavy atom. The predicted molar refractivity (Wildman–Crippen MR) is 129 cm³/mol. The minimum absolute atomic E-state index is 0.0761. The second-order valence-electron chi connectivity index (χ2n) is 9.14. The average molecular weight is 447 g/mol. The van der Waals surface area contributed by atoms with Crippen LogP contribution >= 0.6 is 0 Å². The average Bonchev–Trinajstić information content (AvgIpc) is 3.24. The van der Waals surface area contributed by atoms with Crippen molar-refractivity contribution >= 4 is 5.97 Å². The molecular formula is C27H34N4O2. The lowest BCUT2D eigenvalue weighted by atomic mass is 9.86.